The molecule has 5 rings (SSSR count). The van der Waals surface area contributed by atoms with Crippen molar-refractivity contribution in [3.8, 4) is 22.8 Å². The number of nitrogens with zero attached hydrogens (tertiary/aromatic N) is 6. The monoisotopic (exact) mass is 328 g/mol. The zero-order chi connectivity index (χ0) is 16.8. The average molecular weight is 328 g/mol. The number of phenolic OH excluding ortho intramolecular Hbond substituents is 1. The van der Waals surface area contributed by atoms with Crippen molar-refractivity contribution >= 4 is 16.7 Å². The van der Waals surface area contributed by atoms with Gasteiger partial charge < -0.3 is 5.11 Å². The Kier molecular flexibility index (Phi) is 2.81. The molecule has 0 radical (unpaired) electrons. The van der Waals surface area contributed by atoms with Crippen molar-refractivity contribution in [2.45, 2.75) is 0 Å². The number of fused-ring (bicyclic) bond motifs is 3. The normalized spacial score (nSPS) is 11.4. The Morgan fingerprint density at radius 2 is 1.64 bits per heavy atom. The van der Waals surface area contributed by atoms with Crippen LogP contribution >= 0.6 is 0 Å². The SMILES string of the molecule is Oc1ccccc1-c1nnc2c3cnn(-c4ccccc4)c3ncn12. The van der Waals surface area contributed by atoms with Crippen LogP contribution in [0.1, 0.15) is 0 Å². The molecule has 0 aliphatic rings. The molecule has 5 aromatic rings. The molecule has 1 N–H and O–H groups in total. The minimum absolute atomic E-state index is 0.150. The summed E-state index contributed by atoms with van der Waals surface area (Å²) in [6, 6.07) is 16.8. The second-order valence-electron chi connectivity index (χ2n) is 5.61. The van der Waals surface area contributed by atoms with Crippen LogP contribution in [0.2, 0.25) is 0 Å². The zero-order valence-electron chi connectivity index (χ0n) is 13.0. The van der Waals surface area contributed by atoms with E-state index < -0.39 is 0 Å². The number of benzene rings is 2. The predicted octanol–water partition coefficient (Wildman–Crippen LogP) is 2.84. The van der Waals surface area contributed by atoms with Crippen LogP contribution < -0.4 is 0 Å². The average Bonchev–Trinajstić information content (AvgIpc) is 3.26. The molecule has 3 heterocycles. The van der Waals surface area contributed by atoms with E-state index in [1.54, 1.807) is 39.8 Å². The smallest absolute Gasteiger partial charge is 0.175 e. The van der Waals surface area contributed by atoms with Gasteiger partial charge in [-0.05, 0) is 24.3 Å². The van der Waals surface area contributed by atoms with Gasteiger partial charge in [0.25, 0.3) is 0 Å². The topological polar surface area (TPSA) is 81.1 Å². The summed E-state index contributed by atoms with van der Waals surface area (Å²) in [6.07, 6.45) is 3.38. The first-order valence-corrected chi connectivity index (χ1v) is 7.74. The third kappa shape index (κ3) is 1.99. The minimum atomic E-state index is 0.150. The van der Waals surface area contributed by atoms with E-state index in [1.165, 1.54) is 0 Å². The maximum absolute atomic E-state index is 10.1. The lowest BCUT2D eigenvalue weighted by Gasteiger charge is -2.04. The maximum atomic E-state index is 10.1. The Balaban J connectivity index is 1.76. The number of para-hydroxylation sites is 2. The predicted molar refractivity (Wildman–Crippen MR) is 92.5 cm³/mol. The first-order valence-electron chi connectivity index (χ1n) is 7.74. The third-order valence-corrected chi connectivity index (χ3v) is 4.12. The van der Waals surface area contributed by atoms with Gasteiger partial charge in [0.15, 0.2) is 17.1 Å². The van der Waals surface area contributed by atoms with E-state index in [-0.39, 0.29) is 5.75 Å². The van der Waals surface area contributed by atoms with Gasteiger partial charge in [0.05, 0.1) is 22.8 Å². The quantitative estimate of drug-likeness (QED) is 0.539. The number of hydrogen-bond donors (Lipinski definition) is 1. The zero-order valence-corrected chi connectivity index (χ0v) is 13.0. The van der Waals surface area contributed by atoms with Crippen LogP contribution in [0.4, 0.5) is 0 Å². The molecule has 120 valence electrons. The summed E-state index contributed by atoms with van der Waals surface area (Å²) in [4.78, 5) is 4.54. The Morgan fingerprint density at radius 1 is 0.840 bits per heavy atom. The summed E-state index contributed by atoms with van der Waals surface area (Å²) in [5.41, 5.74) is 2.88. The van der Waals surface area contributed by atoms with Crippen LogP contribution in [0.3, 0.4) is 0 Å². The van der Waals surface area contributed by atoms with Crippen molar-refractivity contribution in [1.29, 1.82) is 0 Å². The molecule has 0 aliphatic heterocycles. The van der Waals surface area contributed by atoms with E-state index in [0.717, 1.165) is 11.1 Å². The summed E-state index contributed by atoms with van der Waals surface area (Å²) >= 11 is 0. The van der Waals surface area contributed by atoms with E-state index in [9.17, 15) is 5.11 Å². The molecule has 0 fully saturated rings. The highest BCUT2D eigenvalue weighted by atomic mass is 16.3. The molecule has 0 saturated carbocycles. The molecule has 7 nitrogen and oxygen atoms in total. The van der Waals surface area contributed by atoms with Gasteiger partial charge in [-0.3, -0.25) is 4.40 Å². The van der Waals surface area contributed by atoms with Crippen LogP contribution in [0.5, 0.6) is 5.75 Å². The highest BCUT2D eigenvalue weighted by Crippen LogP contribution is 2.29. The lowest BCUT2D eigenvalue weighted by molar-refractivity contribution is 0.477. The van der Waals surface area contributed by atoms with Gasteiger partial charge in [0.2, 0.25) is 0 Å². The summed E-state index contributed by atoms with van der Waals surface area (Å²) in [5.74, 6) is 0.687. The fraction of sp³-hybridized carbons (Fsp3) is 0. The second kappa shape index (κ2) is 5.13. The third-order valence-electron chi connectivity index (χ3n) is 4.12. The van der Waals surface area contributed by atoms with E-state index >= 15 is 0 Å². The maximum Gasteiger partial charge on any atom is 0.175 e. The van der Waals surface area contributed by atoms with Crippen molar-refractivity contribution < 1.29 is 5.11 Å². The molecule has 0 spiro atoms. The summed E-state index contributed by atoms with van der Waals surface area (Å²) in [5, 5.41) is 23.8. The van der Waals surface area contributed by atoms with Crippen LogP contribution in [-0.4, -0.2) is 34.5 Å². The van der Waals surface area contributed by atoms with Crippen molar-refractivity contribution in [2.75, 3.05) is 0 Å². The van der Waals surface area contributed by atoms with Gasteiger partial charge in [-0.1, -0.05) is 30.3 Å². The highest BCUT2D eigenvalue weighted by Gasteiger charge is 2.16. The first kappa shape index (κ1) is 13.7. The Hall–Kier alpha value is -3.74. The van der Waals surface area contributed by atoms with E-state index in [0.29, 0.717) is 22.7 Å². The van der Waals surface area contributed by atoms with Gasteiger partial charge in [0.1, 0.15) is 12.1 Å². The van der Waals surface area contributed by atoms with E-state index in [4.69, 9.17) is 0 Å². The fourth-order valence-corrected chi connectivity index (χ4v) is 2.93. The largest absolute Gasteiger partial charge is 0.507 e. The molecule has 0 saturated heterocycles. The second-order valence-corrected chi connectivity index (χ2v) is 5.61. The molecule has 0 bridgehead atoms. The van der Waals surface area contributed by atoms with Gasteiger partial charge in [-0.25, -0.2) is 9.67 Å². The molecule has 0 amide bonds. The Morgan fingerprint density at radius 3 is 2.48 bits per heavy atom. The molecule has 7 heteroatoms. The van der Waals surface area contributed by atoms with E-state index in [1.807, 2.05) is 36.4 Å². The van der Waals surface area contributed by atoms with Crippen molar-refractivity contribution in [2.24, 2.45) is 0 Å². The number of hydrogen-bond acceptors (Lipinski definition) is 5. The molecule has 0 aliphatic carbocycles. The first-order chi connectivity index (χ1) is 12.3. The van der Waals surface area contributed by atoms with Crippen molar-refractivity contribution in [3.63, 3.8) is 0 Å². The summed E-state index contributed by atoms with van der Waals surface area (Å²) in [7, 11) is 0. The van der Waals surface area contributed by atoms with Gasteiger partial charge in [-0.2, -0.15) is 5.10 Å². The molecule has 2 aromatic carbocycles. The van der Waals surface area contributed by atoms with Gasteiger partial charge in [0, 0.05) is 0 Å². The van der Waals surface area contributed by atoms with Crippen LogP contribution in [-0.2, 0) is 0 Å². The number of rotatable bonds is 2. The molecule has 0 atom stereocenters. The summed E-state index contributed by atoms with van der Waals surface area (Å²) in [6.45, 7) is 0. The molecular weight excluding hydrogens is 316 g/mol. The highest BCUT2D eigenvalue weighted by molar-refractivity contribution is 5.90. The Bertz CT molecular complexity index is 1210. The number of aromatic hydroxyl groups is 1. The summed E-state index contributed by atoms with van der Waals surface area (Å²) < 4.78 is 3.53. The van der Waals surface area contributed by atoms with E-state index in [2.05, 4.69) is 20.3 Å². The molecular formula is C18H12N6O. The fourth-order valence-electron chi connectivity index (χ4n) is 2.93. The molecule has 25 heavy (non-hydrogen) atoms. The molecule has 3 aromatic heterocycles. The van der Waals surface area contributed by atoms with Crippen LogP contribution in [0, 0.1) is 0 Å². The lowest BCUT2D eigenvalue weighted by Crippen LogP contribution is -1.98. The Labute approximate surface area is 141 Å². The van der Waals surface area contributed by atoms with Crippen molar-refractivity contribution in [1.82, 2.24) is 29.4 Å². The minimum Gasteiger partial charge on any atom is -0.507 e. The number of aromatic nitrogens is 6. The lowest BCUT2D eigenvalue weighted by atomic mass is 10.2. The number of phenols is 1. The molecule has 0 unspecified atom stereocenters. The van der Waals surface area contributed by atoms with Crippen LogP contribution in [0.25, 0.3) is 33.8 Å². The van der Waals surface area contributed by atoms with Crippen LogP contribution in [0.15, 0.2) is 67.1 Å². The standard InChI is InChI=1S/C18H12N6O/c25-15-9-5-4-8-13(15)17-21-22-18-14-10-20-24(12-6-2-1-3-7-12)16(14)19-11-23(17)18/h1-11,25H. The van der Waals surface area contributed by atoms with Crippen molar-refractivity contribution in [3.05, 3.63) is 67.1 Å². The van der Waals surface area contributed by atoms with Gasteiger partial charge >= 0.3 is 0 Å². The van der Waals surface area contributed by atoms with Gasteiger partial charge in [-0.15, -0.1) is 10.2 Å².